The second-order valence-corrected chi connectivity index (χ2v) is 3.91. The molecule has 0 bridgehead atoms. The second kappa shape index (κ2) is 10.6. The van der Waals surface area contributed by atoms with Gasteiger partial charge >= 0.3 is 0 Å². The number of carbonyl (C=O) groups is 1. The van der Waals surface area contributed by atoms with Crippen molar-refractivity contribution >= 4 is 6.41 Å². The van der Waals surface area contributed by atoms with Gasteiger partial charge in [0.25, 0.3) is 0 Å². The van der Waals surface area contributed by atoms with E-state index in [0.29, 0.717) is 0 Å². The van der Waals surface area contributed by atoms with Crippen molar-refractivity contribution in [2.45, 2.75) is 58.8 Å². The van der Waals surface area contributed by atoms with Crippen LogP contribution in [0.2, 0.25) is 0 Å². The summed E-state index contributed by atoms with van der Waals surface area (Å²) in [5, 5.41) is 0. The zero-order chi connectivity index (χ0) is 10.6. The molecule has 0 aromatic carbocycles. The Hall–Kier alpha value is -0.530. The SMILES string of the molecule is CCCCCCN(C=O)CCCCC. The van der Waals surface area contributed by atoms with Crippen molar-refractivity contribution in [3.05, 3.63) is 0 Å². The molecule has 0 atom stereocenters. The highest BCUT2D eigenvalue weighted by Crippen LogP contribution is 2.02. The summed E-state index contributed by atoms with van der Waals surface area (Å²) >= 11 is 0. The van der Waals surface area contributed by atoms with E-state index in [0.717, 1.165) is 25.9 Å². The van der Waals surface area contributed by atoms with E-state index in [1.54, 1.807) is 0 Å². The largest absolute Gasteiger partial charge is 0.345 e. The van der Waals surface area contributed by atoms with E-state index in [1.807, 2.05) is 4.90 Å². The Morgan fingerprint density at radius 1 is 0.857 bits per heavy atom. The zero-order valence-corrected chi connectivity index (χ0v) is 9.80. The van der Waals surface area contributed by atoms with Gasteiger partial charge in [-0.25, -0.2) is 0 Å². The molecule has 0 rings (SSSR count). The molecule has 0 radical (unpaired) electrons. The molecule has 0 unspecified atom stereocenters. The van der Waals surface area contributed by atoms with Crippen LogP contribution in [-0.2, 0) is 4.79 Å². The van der Waals surface area contributed by atoms with Crippen LogP contribution in [0, 0.1) is 0 Å². The number of hydrogen-bond acceptors (Lipinski definition) is 1. The minimum absolute atomic E-state index is 0.948. The van der Waals surface area contributed by atoms with Gasteiger partial charge in [-0.05, 0) is 12.8 Å². The summed E-state index contributed by atoms with van der Waals surface area (Å²) in [6.07, 6.45) is 9.60. The standard InChI is InChI=1S/C12H25NO/c1-3-5-7-9-11-13(12-14)10-8-6-4-2/h12H,3-11H2,1-2H3. The van der Waals surface area contributed by atoms with Crippen LogP contribution in [0.15, 0.2) is 0 Å². The van der Waals surface area contributed by atoms with Crippen LogP contribution < -0.4 is 0 Å². The Labute approximate surface area is 88.7 Å². The third-order valence-electron chi connectivity index (χ3n) is 2.50. The molecule has 0 fully saturated rings. The van der Waals surface area contributed by atoms with E-state index in [9.17, 15) is 4.79 Å². The van der Waals surface area contributed by atoms with Crippen LogP contribution in [0.3, 0.4) is 0 Å². The van der Waals surface area contributed by atoms with E-state index < -0.39 is 0 Å². The fourth-order valence-electron chi connectivity index (χ4n) is 1.52. The lowest BCUT2D eigenvalue weighted by atomic mass is 10.2. The van der Waals surface area contributed by atoms with E-state index in [2.05, 4.69) is 13.8 Å². The summed E-state index contributed by atoms with van der Waals surface area (Å²) < 4.78 is 0. The van der Waals surface area contributed by atoms with Gasteiger partial charge in [0.05, 0.1) is 0 Å². The third kappa shape index (κ3) is 8.09. The van der Waals surface area contributed by atoms with Gasteiger partial charge < -0.3 is 4.90 Å². The number of amides is 1. The van der Waals surface area contributed by atoms with Gasteiger partial charge in [0.15, 0.2) is 0 Å². The predicted molar refractivity (Wildman–Crippen MR) is 61.3 cm³/mol. The molecule has 0 saturated carbocycles. The third-order valence-corrected chi connectivity index (χ3v) is 2.50. The van der Waals surface area contributed by atoms with Crippen LogP contribution in [0.25, 0.3) is 0 Å². The summed E-state index contributed by atoms with van der Waals surface area (Å²) in [6, 6.07) is 0. The topological polar surface area (TPSA) is 20.3 Å². The number of carbonyl (C=O) groups excluding carboxylic acids is 1. The molecule has 14 heavy (non-hydrogen) atoms. The first-order valence-electron chi connectivity index (χ1n) is 6.04. The molecular formula is C12H25NO. The van der Waals surface area contributed by atoms with E-state index in [1.165, 1.54) is 38.5 Å². The number of hydrogen-bond donors (Lipinski definition) is 0. The molecule has 0 N–H and O–H groups in total. The average Bonchev–Trinajstić information content (AvgIpc) is 2.22. The highest BCUT2D eigenvalue weighted by Gasteiger charge is 1.99. The number of rotatable bonds is 10. The lowest BCUT2D eigenvalue weighted by molar-refractivity contribution is -0.118. The molecule has 1 amide bonds. The van der Waals surface area contributed by atoms with Crippen molar-refractivity contribution < 1.29 is 4.79 Å². The van der Waals surface area contributed by atoms with Gasteiger partial charge in [-0.3, -0.25) is 4.79 Å². The molecule has 2 heteroatoms. The predicted octanol–water partition coefficient (Wildman–Crippen LogP) is 3.22. The first kappa shape index (κ1) is 13.5. The highest BCUT2D eigenvalue weighted by atomic mass is 16.1. The first-order chi connectivity index (χ1) is 6.85. The smallest absolute Gasteiger partial charge is 0.209 e. The van der Waals surface area contributed by atoms with E-state index in [4.69, 9.17) is 0 Å². The van der Waals surface area contributed by atoms with Crippen LogP contribution >= 0.6 is 0 Å². The molecule has 0 aliphatic carbocycles. The van der Waals surface area contributed by atoms with Gasteiger partial charge in [0.1, 0.15) is 0 Å². The molecule has 0 aliphatic rings. The van der Waals surface area contributed by atoms with Crippen molar-refractivity contribution in [1.82, 2.24) is 4.90 Å². The summed E-state index contributed by atoms with van der Waals surface area (Å²) in [7, 11) is 0. The maximum atomic E-state index is 10.7. The van der Waals surface area contributed by atoms with Gasteiger partial charge in [-0.1, -0.05) is 46.0 Å². The Morgan fingerprint density at radius 3 is 1.86 bits per heavy atom. The second-order valence-electron chi connectivity index (χ2n) is 3.91. The quantitative estimate of drug-likeness (QED) is 0.391. The Morgan fingerprint density at radius 2 is 1.36 bits per heavy atom. The van der Waals surface area contributed by atoms with Crippen LogP contribution in [-0.4, -0.2) is 24.4 Å². The van der Waals surface area contributed by atoms with Crippen LogP contribution in [0.1, 0.15) is 58.8 Å². The minimum Gasteiger partial charge on any atom is -0.345 e. The number of unbranched alkanes of at least 4 members (excludes halogenated alkanes) is 5. The average molecular weight is 199 g/mol. The van der Waals surface area contributed by atoms with E-state index >= 15 is 0 Å². The summed E-state index contributed by atoms with van der Waals surface area (Å²) in [6.45, 7) is 6.29. The molecule has 0 aromatic rings. The molecule has 0 spiro atoms. The van der Waals surface area contributed by atoms with Crippen LogP contribution in [0.5, 0.6) is 0 Å². The number of nitrogens with zero attached hydrogens (tertiary/aromatic N) is 1. The lowest BCUT2D eigenvalue weighted by Gasteiger charge is -2.16. The van der Waals surface area contributed by atoms with Crippen LogP contribution in [0.4, 0.5) is 0 Å². The van der Waals surface area contributed by atoms with Crippen molar-refractivity contribution in [2.24, 2.45) is 0 Å². The summed E-state index contributed by atoms with van der Waals surface area (Å²) in [5.41, 5.74) is 0. The highest BCUT2D eigenvalue weighted by molar-refractivity contribution is 5.46. The molecular weight excluding hydrogens is 174 g/mol. The lowest BCUT2D eigenvalue weighted by Crippen LogP contribution is -2.24. The molecule has 84 valence electrons. The normalized spacial score (nSPS) is 10.1. The Kier molecular flexibility index (Phi) is 10.2. The van der Waals surface area contributed by atoms with Crippen molar-refractivity contribution in [3.63, 3.8) is 0 Å². The van der Waals surface area contributed by atoms with Gasteiger partial charge in [0, 0.05) is 13.1 Å². The van der Waals surface area contributed by atoms with Gasteiger partial charge in [0.2, 0.25) is 6.41 Å². The monoisotopic (exact) mass is 199 g/mol. The molecule has 2 nitrogen and oxygen atoms in total. The van der Waals surface area contributed by atoms with Crippen molar-refractivity contribution in [3.8, 4) is 0 Å². The van der Waals surface area contributed by atoms with Gasteiger partial charge in [-0.2, -0.15) is 0 Å². The first-order valence-corrected chi connectivity index (χ1v) is 6.04. The van der Waals surface area contributed by atoms with Crippen molar-refractivity contribution in [1.29, 1.82) is 0 Å². The van der Waals surface area contributed by atoms with Crippen molar-refractivity contribution in [2.75, 3.05) is 13.1 Å². The minimum atomic E-state index is 0.948. The fraction of sp³-hybridized carbons (Fsp3) is 0.917. The summed E-state index contributed by atoms with van der Waals surface area (Å²) in [5.74, 6) is 0. The Balaban J connectivity index is 3.33. The molecule has 0 aromatic heterocycles. The maximum Gasteiger partial charge on any atom is 0.209 e. The van der Waals surface area contributed by atoms with E-state index in [-0.39, 0.29) is 0 Å². The maximum absolute atomic E-state index is 10.7. The summed E-state index contributed by atoms with van der Waals surface area (Å²) in [4.78, 5) is 12.6. The van der Waals surface area contributed by atoms with Gasteiger partial charge in [-0.15, -0.1) is 0 Å². The molecule has 0 aliphatic heterocycles. The fourth-order valence-corrected chi connectivity index (χ4v) is 1.52. The zero-order valence-electron chi connectivity index (χ0n) is 9.80. The molecule has 0 heterocycles. The Bertz CT molecular complexity index is 125. The molecule has 0 saturated heterocycles.